The first-order valence-electron chi connectivity index (χ1n) is 7.87. The molecule has 2 heterocycles. The summed E-state index contributed by atoms with van der Waals surface area (Å²) in [5.41, 5.74) is -0.397. The van der Waals surface area contributed by atoms with Crippen molar-refractivity contribution < 1.29 is 22.3 Å². The Morgan fingerprint density at radius 1 is 0.964 bits per heavy atom. The Kier molecular flexibility index (Phi) is 4.10. The van der Waals surface area contributed by atoms with Gasteiger partial charge in [0.2, 0.25) is 0 Å². The standard InChI is InChI=1S/C18H10F4N4O2/c1-25-8-23-15-16(25)24-18(28-14-7-12(21)11(20)6-13(14)22)26(17(15)27)10-4-2-9(19)3-5-10/h2-8H,1H3. The van der Waals surface area contributed by atoms with Gasteiger partial charge in [0, 0.05) is 19.2 Å². The molecule has 4 rings (SSSR count). The summed E-state index contributed by atoms with van der Waals surface area (Å²) in [5.74, 6) is -5.14. The Morgan fingerprint density at radius 2 is 1.64 bits per heavy atom. The third-order valence-corrected chi connectivity index (χ3v) is 3.97. The Hall–Kier alpha value is -3.69. The van der Waals surface area contributed by atoms with E-state index < -0.39 is 40.6 Å². The smallest absolute Gasteiger partial charge is 0.311 e. The van der Waals surface area contributed by atoms with E-state index in [1.807, 2.05) is 0 Å². The lowest BCUT2D eigenvalue weighted by Gasteiger charge is -2.13. The fourth-order valence-corrected chi connectivity index (χ4v) is 2.61. The van der Waals surface area contributed by atoms with Crippen LogP contribution in [0.25, 0.3) is 16.9 Å². The topological polar surface area (TPSA) is 61.9 Å². The van der Waals surface area contributed by atoms with Gasteiger partial charge in [-0.3, -0.25) is 4.79 Å². The van der Waals surface area contributed by atoms with Crippen LogP contribution in [0.5, 0.6) is 11.8 Å². The van der Waals surface area contributed by atoms with Crippen molar-refractivity contribution in [2.75, 3.05) is 0 Å². The first kappa shape index (κ1) is 17.7. The molecular weight excluding hydrogens is 380 g/mol. The van der Waals surface area contributed by atoms with E-state index in [0.29, 0.717) is 12.1 Å². The van der Waals surface area contributed by atoms with Crippen molar-refractivity contribution in [1.82, 2.24) is 19.1 Å². The molecule has 2 aromatic carbocycles. The molecule has 0 saturated carbocycles. The van der Waals surface area contributed by atoms with E-state index in [9.17, 15) is 22.4 Å². The maximum atomic E-state index is 14.0. The molecule has 0 N–H and O–H groups in total. The molecule has 0 aliphatic rings. The fraction of sp³-hybridized carbons (Fsp3) is 0.0556. The quantitative estimate of drug-likeness (QED) is 0.397. The Bertz CT molecular complexity index is 1270. The summed E-state index contributed by atoms with van der Waals surface area (Å²) in [6.07, 6.45) is 1.34. The molecule has 2 aromatic heterocycles. The van der Waals surface area contributed by atoms with Crippen LogP contribution in [0.1, 0.15) is 0 Å². The maximum absolute atomic E-state index is 14.0. The van der Waals surface area contributed by atoms with Gasteiger partial charge in [-0.1, -0.05) is 0 Å². The van der Waals surface area contributed by atoms with Crippen molar-refractivity contribution in [3.63, 3.8) is 0 Å². The molecule has 142 valence electrons. The molecule has 0 fully saturated rings. The Labute approximate surface area is 154 Å². The van der Waals surface area contributed by atoms with Crippen molar-refractivity contribution in [3.8, 4) is 17.4 Å². The molecule has 28 heavy (non-hydrogen) atoms. The molecule has 6 nitrogen and oxygen atoms in total. The highest BCUT2D eigenvalue weighted by Gasteiger charge is 2.20. The molecule has 10 heteroatoms. The number of rotatable bonds is 3. The molecule has 0 aliphatic heterocycles. The van der Waals surface area contributed by atoms with Gasteiger partial charge in [0.1, 0.15) is 5.82 Å². The van der Waals surface area contributed by atoms with Crippen LogP contribution in [-0.2, 0) is 7.05 Å². The van der Waals surface area contributed by atoms with E-state index in [2.05, 4.69) is 9.97 Å². The molecule has 0 atom stereocenters. The molecule has 0 amide bonds. The lowest BCUT2D eigenvalue weighted by molar-refractivity contribution is 0.388. The lowest BCUT2D eigenvalue weighted by atomic mass is 10.3. The minimum atomic E-state index is -1.39. The number of benzene rings is 2. The Morgan fingerprint density at radius 3 is 2.36 bits per heavy atom. The average Bonchev–Trinajstić information content (AvgIpc) is 3.02. The summed E-state index contributed by atoms with van der Waals surface area (Å²) in [4.78, 5) is 21.0. The fourth-order valence-electron chi connectivity index (χ4n) is 2.61. The highest BCUT2D eigenvalue weighted by Crippen LogP contribution is 2.27. The van der Waals surface area contributed by atoms with Gasteiger partial charge in [-0.2, -0.15) is 4.98 Å². The third-order valence-electron chi connectivity index (χ3n) is 3.97. The summed E-state index contributed by atoms with van der Waals surface area (Å²) in [5, 5.41) is 0. The van der Waals surface area contributed by atoms with Gasteiger partial charge in [-0.15, -0.1) is 0 Å². The van der Waals surface area contributed by atoms with E-state index in [-0.39, 0.29) is 16.9 Å². The minimum Gasteiger partial charge on any atom is -0.422 e. The summed E-state index contributed by atoms with van der Waals surface area (Å²) in [6, 6.07) is 5.15. The van der Waals surface area contributed by atoms with E-state index >= 15 is 0 Å². The van der Waals surface area contributed by atoms with Crippen molar-refractivity contribution in [2.24, 2.45) is 7.05 Å². The molecule has 0 aliphatic carbocycles. The lowest BCUT2D eigenvalue weighted by Crippen LogP contribution is -2.22. The zero-order valence-corrected chi connectivity index (χ0v) is 14.2. The predicted octanol–water partition coefficient (Wildman–Crippen LogP) is 3.47. The van der Waals surface area contributed by atoms with Crippen LogP contribution in [0.2, 0.25) is 0 Å². The first-order valence-corrected chi connectivity index (χ1v) is 7.87. The second-order valence-electron chi connectivity index (χ2n) is 5.84. The minimum absolute atomic E-state index is 0.00932. The van der Waals surface area contributed by atoms with Gasteiger partial charge in [0.05, 0.1) is 12.0 Å². The van der Waals surface area contributed by atoms with Crippen molar-refractivity contribution in [3.05, 3.63) is 76.3 Å². The van der Waals surface area contributed by atoms with Crippen molar-refractivity contribution in [2.45, 2.75) is 0 Å². The van der Waals surface area contributed by atoms with E-state index in [0.717, 1.165) is 16.7 Å². The summed E-state index contributed by atoms with van der Waals surface area (Å²) < 4.78 is 61.6. The zero-order chi connectivity index (χ0) is 20.0. The predicted molar refractivity (Wildman–Crippen MR) is 90.5 cm³/mol. The SMILES string of the molecule is Cn1cnc2c(=O)n(-c3ccc(F)cc3)c(Oc3cc(F)c(F)cc3F)nc21. The number of nitrogens with zero attached hydrogens (tertiary/aromatic N) is 4. The van der Waals surface area contributed by atoms with Gasteiger partial charge in [0.15, 0.2) is 34.4 Å². The summed E-state index contributed by atoms with van der Waals surface area (Å²) in [7, 11) is 1.58. The van der Waals surface area contributed by atoms with Crippen molar-refractivity contribution >= 4 is 11.2 Å². The molecule has 0 spiro atoms. The highest BCUT2D eigenvalue weighted by atomic mass is 19.2. The number of hydrogen-bond acceptors (Lipinski definition) is 4. The van der Waals surface area contributed by atoms with Gasteiger partial charge < -0.3 is 9.30 Å². The van der Waals surface area contributed by atoms with Crippen LogP contribution in [-0.4, -0.2) is 19.1 Å². The summed E-state index contributed by atoms with van der Waals surface area (Å²) in [6.45, 7) is 0. The van der Waals surface area contributed by atoms with Crippen LogP contribution in [0.4, 0.5) is 17.6 Å². The zero-order valence-electron chi connectivity index (χ0n) is 14.2. The van der Waals surface area contributed by atoms with Crippen LogP contribution < -0.4 is 10.3 Å². The van der Waals surface area contributed by atoms with Gasteiger partial charge in [0.25, 0.3) is 5.56 Å². The molecule has 0 radical (unpaired) electrons. The van der Waals surface area contributed by atoms with Crippen LogP contribution >= 0.6 is 0 Å². The molecular formula is C18H10F4N4O2. The van der Waals surface area contributed by atoms with Gasteiger partial charge in [-0.05, 0) is 24.3 Å². The molecule has 0 bridgehead atoms. The van der Waals surface area contributed by atoms with Crippen LogP contribution in [0, 0.1) is 23.3 Å². The van der Waals surface area contributed by atoms with Crippen LogP contribution in [0.3, 0.4) is 0 Å². The van der Waals surface area contributed by atoms with Gasteiger partial charge >= 0.3 is 6.01 Å². The number of hydrogen-bond donors (Lipinski definition) is 0. The number of aryl methyl sites for hydroxylation is 1. The van der Waals surface area contributed by atoms with E-state index in [1.54, 1.807) is 7.05 Å². The molecule has 0 unspecified atom stereocenters. The highest BCUT2D eigenvalue weighted by molar-refractivity contribution is 5.70. The van der Waals surface area contributed by atoms with Crippen molar-refractivity contribution in [1.29, 1.82) is 0 Å². The normalized spacial score (nSPS) is 11.2. The average molecular weight is 390 g/mol. The van der Waals surface area contributed by atoms with Crippen LogP contribution in [0.15, 0.2) is 47.5 Å². The second-order valence-corrected chi connectivity index (χ2v) is 5.84. The van der Waals surface area contributed by atoms with Gasteiger partial charge in [-0.25, -0.2) is 27.1 Å². The number of halogens is 4. The number of fused-ring (bicyclic) bond motifs is 1. The van der Waals surface area contributed by atoms with E-state index in [1.165, 1.54) is 23.0 Å². The monoisotopic (exact) mass is 390 g/mol. The van der Waals surface area contributed by atoms with E-state index in [4.69, 9.17) is 4.74 Å². The first-order chi connectivity index (χ1) is 13.3. The largest absolute Gasteiger partial charge is 0.422 e. The number of imidazole rings is 1. The number of aromatic nitrogens is 4. The molecule has 0 saturated heterocycles. The molecule has 4 aromatic rings. The Balaban J connectivity index is 1.97. The summed E-state index contributed by atoms with van der Waals surface area (Å²) >= 11 is 0. The third kappa shape index (κ3) is 2.88. The second kappa shape index (κ2) is 6.48. The number of ether oxygens (including phenoxy) is 1. The maximum Gasteiger partial charge on any atom is 0.311 e.